The summed E-state index contributed by atoms with van der Waals surface area (Å²) >= 11 is 6.78. The van der Waals surface area contributed by atoms with Crippen molar-refractivity contribution in [3.8, 4) is 11.1 Å². The van der Waals surface area contributed by atoms with E-state index in [0.717, 1.165) is 33.6 Å². The van der Waals surface area contributed by atoms with E-state index in [1.807, 2.05) is 48.5 Å². The highest BCUT2D eigenvalue weighted by atomic mass is 35.5. The van der Waals surface area contributed by atoms with Crippen LogP contribution in [0.15, 0.2) is 60.7 Å². The Morgan fingerprint density at radius 1 is 1.03 bits per heavy atom. The maximum atomic E-state index is 12.3. The molecule has 3 aromatic rings. The number of ether oxygens (including phenoxy) is 1. The molecule has 0 saturated heterocycles. The molecule has 154 valence electrons. The van der Waals surface area contributed by atoms with Crippen molar-refractivity contribution in [1.82, 2.24) is 5.32 Å². The van der Waals surface area contributed by atoms with Crippen molar-refractivity contribution in [1.29, 1.82) is 0 Å². The molecule has 1 atom stereocenters. The van der Waals surface area contributed by atoms with Crippen LogP contribution in [0.1, 0.15) is 21.9 Å². The molecule has 0 saturated carbocycles. The summed E-state index contributed by atoms with van der Waals surface area (Å²) < 4.78 is 5.72. The monoisotopic (exact) mass is 443 g/mol. The maximum absolute atomic E-state index is 12.3. The lowest BCUT2D eigenvalue weighted by molar-refractivity contribution is -0.158. The molecule has 8 heteroatoms. The first-order valence-electron chi connectivity index (χ1n) is 9.20. The van der Waals surface area contributed by atoms with E-state index in [1.54, 1.807) is 0 Å². The van der Waals surface area contributed by atoms with Gasteiger partial charge in [0.1, 0.15) is 6.61 Å². The first kappa shape index (κ1) is 20.4. The smallest absolute Gasteiger partial charge is 0.407 e. The number of halogens is 1. The van der Waals surface area contributed by atoms with Crippen molar-refractivity contribution in [2.24, 2.45) is 0 Å². The number of carboxylic acids is 1. The Morgan fingerprint density at radius 2 is 1.63 bits per heavy atom. The van der Waals surface area contributed by atoms with E-state index < -0.39 is 24.2 Å². The molecule has 6 nitrogen and oxygen atoms in total. The lowest BCUT2D eigenvalue weighted by atomic mass is 9.98. The molecule has 1 heterocycles. The minimum absolute atomic E-state index is 0.0934. The average Bonchev–Trinajstić information content (AvgIpc) is 3.32. The number of fused-ring (bicyclic) bond motifs is 3. The summed E-state index contributed by atoms with van der Waals surface area (Å²) in [6, 6.07) is 18.8. The molecule has 1 aliphatic rings. The number of nitrogens with one attached hydrogen (secondary N) is 1. The first-order chi connectivity index (χ1) is 14.4. The van der Waals surface area contributed by atoms with E-state index in [0.29, 0.717) is 4.34 Å². The van der Waals surface area contributed by atoms with Gasteiger partial charge >= 0.3 is 12.1 Å². The lowest BCUT2D eigenvalue weighted by Gasteiger charge is -2.22. The van der Waals surface area contributed by atoms with Gasteiger partial charge in [-0.25, -0.2) is 9.59 Å². The lowest BCUT2D eigenvalue weighted by Crippen LogP contribution is -2.46. The quantitative estimate of drug-likeness (QED) is 0.530. The van der Waals surface area contributed by atoms with Gasteiger partial charge in [-0.15, -0.1) is 11.3 Å². The van der Waals surface area contributed by atoms with Gasteiger partial charge in [0.05, 0.1) is 15.8 Å². The van der Waals surface area contributed by atoms with E-state index in [4.69, 9.17) is 16.3 Å². The predicted octanol–water partition coefficient (Wildman–Crippen LogP) is 4.21. The largest absolute Gasteiger partial charge is 0.479 e. The molecule has 0 aliphatic heterocycles. The second kappa shape index (κ2) is 8.10. The SMILES string of the molecule is O=C(NCC(O)(C(=O)O)c1ccc(Cl)s1)OCC1c2ccccc2-c2ccccc21. The van der Waals surface area contributed by atoms with E-state index in [2.05, 4.69) is 5.32 Å². The van der Waals surface area contributed by atoms with Gasteiger partial charge in [0.25, 0.3) is 0 Å². The van der Waals surface area contributed by atoms with Crippen LogP contribution in [0.4, 0.5) is 4.79 Å². The number of carboxylic acid groups (broad SMARTS) is 1. The van der Waals surface area contributed by atoms with Gasteiger partial charge in [0.2, 0.25) is 5.60 Å². The van der Waals surface area contributed by atoms with Gasteiger partial charge in [0, 0.05) is 5.92 Å². The summed E-state index contributed by atoms with van der Waals surface area (Å²) in [5, 5.41) is 22.4. The van der Waals surface area contributed by atoms with E-state index in [9.17, 15) is 19.8 Å². The summed E-state index contributed by atoms with van der Waals surface area (Å²) in [4.78, 5) is 24.0. The van der Waals surface area contributed by atoms with Crippen LogP contribution in [0.5, 0.6) is 0 Å². The zero-order valence-corrected chi connectivity index (χ0v) is 17.2. The van der Waals surface area contributed by atoms with Crippen LogP contribution < -0.4 is 5.32 Å². The van der Waals surface area contributed by atoms with Crippen molar-refractivity contribution < 1.29 is 24.5 Å². The Hall–Kier alpha value is -2.87. The highest BCUT2D eigenvalue weighted by molar-refractivity contribution is 7.16. The average molecular weight is 444 g/mol. The fourth-order valence-corrected chi connectivity index (χ4v) is 4.78. The number of amides is 1. The summed E-state index contributed by atoms with van der Waals surface area (Å²) in [5.74, 6) is -1.60. The van der Waals surface area contributed by atoms with Gasteiger partial charge in [0.15, 0.2) is 0 Å². The Balaban J connectivity index is 1.44. The molecular formula is C22H18ClNO5S. The van der Waals surface area contributed by atoms with E-state index >= 15 is 0 Å². The number of aliphatic hydroxyl groups is 1. The first-order valence-corrected chi connectivity index (χ1v) is 10.4. The van der Waals surface area contributed by atoms with Crippen molar-refractivity contribution in [3.63, 3.8) is 0 Å². The van der Waals surface area contributed by atoms with Crippen LogP contribution in [0.2, 0.25) is 4.34 Å². The summed E-state index contributed by atoms with van der Waals surface area (Å²) in [6.45, 7) is -0.452. The van der Waals surface area contributed by atoms with Crippen LogP contribution in [-0.2, 0) is 15.1 Å². The fourth-order valence-electron chi connectivity index (χ4n) is 3.65. The van der Waals surface area contributed by atoms with E-state index in [1.165, 1.54) is 12.1 Å². The van der Waals surface area contributed by atoms with Crippen molar-refractivity contribution >= 4 is 35.0 Å². The molecule has 1 amide bonds. The number of carbonyl (C=O) groups is 2. The van der Waals surface area contributed by atoms with Crippen molar-refractivity contribution in [2.45, 2.75) is 11.5 Å². The molecule has 2 aromatic carbocycles. The second-order valence-corrected chi connectivity index (χ2v) is 8.66. The molecule has 0 spiro atoms. The number of alkyl carbamates (subject to hydrolysis) is 1. The topological polar surface area (TPSA) is 95.9 Å². The highest BCUT2D eigenvalue weighted by Crippen LogP contribution is 2.44. The molecule has 30 heavy (non-hydrogen) atoms. The minimum Gasteiger partial charge on any atom is -0.479 e. The standard InChI is InChI=1S/C22H18ClNO5S/c23-19-10-9-18(30-19)22(28,20(25)26)12-24-21(27)29-11-17-15-7-3-1-5-13(15)14-6-2-4-8-16(14)17/h1-10,17,28H,11-12H2,(H,24,27)(H,25,26). The molecule has 1 aliphatic carbocycles. The van der Waals surface area contributed by atoms with Crippen molar-refractivity contribution in [3.05, 3.63) is 81.0 Å². The van der Waals surface area contributed by atoms with E-state index in [-0.39, 0.29) is 17.4 Å². The third kappa shape index (κ3) is 3.67. The van der Waals surface area contributed by atoms with Crippen LogP contribution in [0.3, 0.4) is 0 Å². The number of rotatable bonds is 6. The molecule has 0 fully saturated rings. The molecule has 1 aromatic heterocycles. The maximum Gasteiger partial charge on any atom is 0.407 e. The number of carbonyl (C=O) groups excluding carboxylic acids is 1. The minimum atomic E-state index is -2.29. The van der Waals surface area contributed by atoms with Crippen LogP contribution in [0.25, 0.3) is 11.1 Å². The van der Waals surface area contributed by atoms with Crippen LogP contribution in [0, 0.1) is 0 Å². The Morgan fingerprint density at radius 3 is 2.17 bits per heavy atom. The van der Waals surface area contributed by atoms with Crippen molar-refractivity contribution in [2.75, 3.05) is 13.2 Å². The van der Waals surface area contributed by atoms with Gasteiger partial charge in [-0.1, -0.05) is 60.1 Å². The highest BCUT2D eigenvalue weighted by Gasteiger charge is 2.40. The Labute approximate surface area is 181 Å². The van der Waals surface area contributed by atoms with Gasteiger partial charge < -0.3 is 20.3 Å². The third-order valence-corrected chi connectivity index (χ3v) is 6.55. The Kier molecular flexibility index (Phi) is 5.51. The Bertz CT molecular complexity index is 1070. The fraction of sp³-hybridized carbons (Fsp3) is 0.182. The van der Waals surface area contributed by atoms with Crippen LogP contribution in [-0.4, -0.2) is 35.4 Å². The summed E-state index contributed by atoms with van der Waals surface area (Å²) in [7, 11) is 0. The second-order valence-electron chi connectivity index (χ2n) is 6.95. The molecule has 3 N–H and O–H groups in total. The third-order valence-electron chi connectivity index (χ3n) is 5.17. The number of benzene rings is 2. The molecule has 0 radical (unpaired) electrons. The summed E-state index contributed by atoms with van der Waals surface area (Å²) in [6.07, 6.45) is -0.806. The zero-order chi connectivity index (χ0) is 21.3. The van der Waals surface area contributed by atoms with Gasteiger partial charge in [-0.05, 0) is 34.4 Å². The number of thiophene rings is 1. The molecular weight excluding hydrogens is 426 g/mol. The predicted molar refractivity (Wildman–Crippen MR) is 114 cm³/mol. The molecule has 4 rings (SSSR count). The normalized spacial score (nSPS) is 14.5. The zero-order valence-electron chi connectivity index (χ0n) is 15.7. The van der Waals surface area contributed by atoms with Gasteiger partial charge in [-0.2, -0.15) is 0 Å². The molecule has 1 unspecified atom stereocenters. The van der Waals surface area contributed by atoms with Crippen LogP contribution >= 0.6 is 22.9 Å². The molecule has 0 bridgehead atoms. The number of aliphatic carboxylic acids is 1. The number of hydrogen-bond acceptors (Lipinski definition) is 5. The van der Waals surface area contributed by atoms with Gasteiger partial charge in [-0.3, -0.25) is 0 Å². The number of hydrogen-bond donors (Lipinski definition) is 3. The summed E-state index contributed by atoms with van der Waals surface area (Å²) in [5.41, 5.74) is 2.07.